The highest BCUT2D eigenvalue weighted by Crippen LogP contribution is 2.30. The molecule has 2 fully saturated rings. The first-order valence-corrected chi connectivity index (χ1v) is 18.4. The second-order valence-electron chi connectivity index (χ2n) is 15.4. The fourth-order valence-corrected chi connectivity index (χ4v) is 7.17. The van der Waals surface area contributed by atoms with E-state index < -0.39 is 23.1 Å². The number of thiazole rings is 1. The predicted molar refractivity (Wildman–Crippen MR) is 191 cm³/mol. The van der Waals surface area contributed by atoms with Crippen LogP contribution in [0.2, 0.25) is 0 Å². The van der Waals surface area contributed by atoms with Gasteiger partial charge >= 0.3 is 6.09 Å². The van der Waals surface area contributed by atoms with Crippen molar-refractivity contribution in [3.05, 3.63) is 41.0 Å². The minimum Gasteiger partial charge on any atom is -0.444 e. The summed E-state index contributed by atoms with van der Waals surface area (Å²) in [4.78, 5) is 61.6. The van der Waals surface area contributed by atoms with Crippen molar-refractivity contribution in [1.29, 1.82) is 0 Å². The molecule has 0 radical (unpaired) electrons. The zero-order valence-corrected chi connectivity index (χ0v) is 31.3. The maximum absolute atomic E-state index is 13.9. The van der Waals surface area contributed by atoms with Gasteiger partial charge in [-0.2, -0.15) is 0 Å². The molecule has 2 aliphatic rings. The van der Waals surface area contributed by atoms with Crippen molar-refractivity contribution < 1.29 is 28.7 Å². The Balaban J connectivity index is 1.24. The van der Waals surface area contributed by atoms with Gasteiger partial charge in [0.1, 0.15) is 24.3 Å². The Hall–Kier alpha value is -3.51. The van der Waals surface area contributed by atoms with Gasteiger partial charge in [-0.3, -0.25) is 14.4 Å². The maximum Gasteiger partial charge on any atom is 0.410 e. The summed E-state index contributed by atoms with van der Waals surface area (Å²) in [6, 6.07) is 6.46. The van der Waals surface area contributed by atoms with Crippen LogP contribution in [0.1, 0.15) is 97.9 Å². The lowest BCUT2D eigenvalue weighted by molar-refractivity contribution is -0.144. The smallest absolute Gasteiger partial charge is 0.410 e. The summed E-state index contributed by atoms with van der Waals surface area (Å²) >= 11 is 1.60. The first-order valence-electron chi connectivity index (χ1n) is 17.5. The predicted octanol–water partition coefficient (Wildman–Crippen LogP) is 5.87. The molecule has 4 rings (SSSR count). The van der Waals surface area contributed by atoms with Crippen LogP contribution in [0.4, 0.5) is 4.79 Å². The van der Waals surface area contributed by atoms with Crippen molar-refractivity contribution in [2.24, 2.45) is 11.3 Å². The Labute approximate surface area is 295 Å². The standard InChI is InChI=1S/C37H55N5O6S/c1-24(27-11-13-28(14-12-27)31-25(2)38-23-49-31)39-33(44)29-10-9-18-42(29)34(45)32(36(3,4)5)40-30(43)22-47-21-17-26-15-19-41(20-16-26)35(46)48-37(6,7)8/h11-14,23-24,26,29,32H,9-10,15-22H2,1-8H3,(H,39,44)(H,40,43). The Morgan fingerprint density at radius 3 is 2.24 bits per heavy atom. The average Bonchev–Trinajstić information content (AvgIpc) is 3.70. The molecule has 2 N–H and O–H groups in total. The molecule has 1 aromatic carbocycles. The van der Waals surface area contributed by atoms with E-state index in [9.17, 15) is 19.2 Å². The monoisotopic (exact) mass is 697 g/mol. The summed E-state index contributed by atoms with van der Waals surface area (Å²) in [5.74, 6) is -0.412. The van der Waals surface area contributed by atoms with Gasteiger partial charge < -0.3 is 29.9 Å². The third-order valence-electron chi connectivity index (χ3n) is 9.20. The van der Waals surface area contributed by atoms with E-state index in [0.29, 0.717) is 45.0 Å². The molecular weight excluding hydrogens is 643 g/mol. The molecular formula is C37H55N5O6S. The number of carbonyl (C=O) groups is 4. The molecule has 2 aliphatic heterocycles. The number of aryl methyl sites for hydroxylation is 1. The lowest BCUT2D eigenvalue weighted by atomic mass is 9.85. The van der Waals surface area contributed by atoms with Gasteiger partial charge in [0.05, 0.1) is 22.1 Å². The van der Waals surface area contributed by atoms with Crippen LogP contribution < -0.4 is 10.6 Å². The summed E-state index contributed by atoms with van der Waals surface area (Å²) in [7, 11) is 0. The maximum atomic E-state index is 13.9. The van der Waals surface area contributed by atoms with Crippen LogP contribution in [0.15, 0.2) is 29.8 Å². The van der Waals surface area contributed by atoms with Crippen LogP contribution in [0.25, 0.3) is 10.4 Å². The molecule has 2 aromatic rings. The Bertz CT molecular complexity index is 1440. The fourth-order valence-electron chi connectivity index (χ4n) is 6.36. The molecule has 49 heavy (non-hydrogen) atoms. The number of ether oxygens (including phenoxy) is 2. The van der Waals surface area contributed by atoms with E-state index in [2.05, 4.69) is 15.6 Å². The van der Waals surface area contributed by atoms with E-state index in [1.807, 2.05) is 85.2 Å². The number of nitrogens with zero attached hydrogens (tertiary/aromatic N) is 3. The number of hydrogen-bond donors (Lipinski definition) is 2. The van der Waals surface area contributed by atoms with Crippen LogP contribution in [-0.4, -0.2) is 89.1 Å². The largest absolute Gasteiger partial charge is 0.444 e. The lowest BCUT2D eigenvalue weighted by Gasteiger charge is -2.35. The molecule has 0 spiro atoms. The number of piperidine rings is 1. The molecule has 4 amide bonds. The Morgan fingerprint density at radius 2 is 1.65 bits per heavy atom. The van der Waals surface area contributed by atoms with Gasteiger partial charge in [0.15, 0.2) is 0 Å². The molecule has 3 heterocycles. The molecule has 3 atom stereocenters. The topological polar surface area (TPSA) is 130 Å². The van der Waals surface area contributed by atoms with E-state index in [0.717, 1.165) is 41.0 Å². The van der Waals surface area contributed by atoms with Gasteiger partial charge in [-0.05, 0) is 89.2 Å². The number of carbonyl (C=O) groups excluding carboxylic acids is 4. The molecule has 0 saturated carbocycles. The third kappa shape index (κ3) is 10.7. The van der Waals surface area contributed by atoms with Crippen molar-refractivity contribution in [3.63, 3.8) is 0 Å². The Morgan fingerprint density at radius 1 is 0.980 bits per heavy atom. The number of hydrogen-bond acceptors (Lipinski definition) is 8. The summed E-state index contributed by atoms with van der Waals surface area (Å²) in [5.41, 5.74) is 3.80. The van der Waals surface area contributed by atoms with Crippen LogP contribution in [0, 0.1) is 18.3 Å². The summed E-state index contributed by atoms with van der Waals surface area (Å²) < 4.78 is 11.2. The Kier molecular flexibility index (Phi) is 12.9. The van der Waals surface area contributed by atoms with Crippen molar-refractivity contribution in [2.75, 3.05) is 32.8 Å². The third-order valence-corrected chi connectivity index (χ3v) is 10.2. The first-order chi connectivity index (χ1) is 23.0. The van der Waals surface area contributed by atoms with Crippen molar-refractivity contribution in [2.45, 2.75) is 111 Å². The minimum absolute atomic E-state index is 0.153. The molecule has 1 aromatic heterocycles. The minimum atomic E-state index is -0.811. The second-order valence-corrected chi connectivity index (χ2v) is 16.3. The van der Waals surface area contributed by atoms with Crippen LogP contribution in [0.5, 0.6) is 0 Å². The lowest BCUT2D eigenvalue weighted by Crippen LogP contribution is -2.58. The van der Waals surface area contributed by atoms with Gasteiger partial charge in [-0.1, -0.05) is 45.0 Å². The van der Waals surface area contributed by atoms with Crippen LogP contribution >= 0.6 is 11.3 Å². The highest BCUT2D eigenvalue weighted by atomic mass is 32.1. The summed E-state index contributed by atoms with van der Waals surface area (Å²) in [6.45, 7) is 17.3. The number of nitrogens with one attached hydrogen (secondary N) is 2. The average molecular weight is 698 g/mol. The molecule has 2 saturated heterocycles. The van der Waals surface area contributed by atoms with Crippen molar-refractivity contribution >= 4 is 35.2 Å². The molecule has 12 heteroatoms. The summed E-state index contributed by atoms with van der Waals surface area (Å²) in [6.07, 6.45) is 3.51. The van der Waals surface area contributed by atoms with Crippen molar-refractivity contribution in [3.8, 4) is 10.4 Å². The fraction of sp³-hybridized carbons (Fsp3) is 0.649. The number of amides is 4. The zero-order valence-electron chi connectivity index (χ0n) is 30.5. The molecule has 0 aliphatic carbocycles. The van der Waals surface area contributed by atoms with Crippen molar-refractivity contribution in [1.82, 2.24) is 25.4 Å². The molecule has 270 valence electrons. The van der Waals surface area contributed by atoms with E-state index in [4.69, 9.17) is 9.47 Å². The zero-order chi connectivity index (χ0) is 35.9. The summed E-state index contributed by atoms with van der Waals surface area (Å²) in [5, 5.41) is 6.02. The number of aromatic nitrogens is 1. The quantitative estimate of drug-likeness (QED) is 0.281. The van der Waals surface area contributed by atoms with Gasteiger partial charge in [0.25, 0.3) is 0 Å². The van der Waals surface area contributed by atoms with Gasteiger partial charge in [0, 0.05) is 26.2 Å². The normalized spacial score (nSPS) is 18.6. The number of likely N-dealkylation sites (tertiary alicyclic amines) is 2. The molecule has 11 nitrogen and oxygen atoms in total. The SMILES string of the molecule is Cc1ncsc1-c1ccc(C(C)NC(=O)C2CCCN2C(=O)C(NC(=O)COCCC2CCN(C(=O)OC(C)(C)C)CC2)C(C)(C)C)cc1. The number of benzene rings is 1. The van der Waals surface area contributed by atoms with E-state index >= 15 is 0 Å². The highest BCUT2D eigenvalue weighted by molar-refractivity contribution is 7.13. The molecule has 0 bridgehead atoms. The van der Waals surface area contributed by atoms with Crippen LogP contribution in [0.3, 0.4) is 0 Å². The van der Waals surface area contributed by atoms with E-state index in [-0.39, 0.29) is 36.5 Å². The van der Waals surface area contributed by atoms with Gasteiger partial charge in [-0.15, -0.1) is 11.3 Å². The second kappa shape index (κ2) is 16.5. The van der Waals surface area contributed by atoms with Gasteiger partial charge in [0.2, 0.25) is 17.7 Å². The van der Waals surface area contributed by atoms with Crippen LogP contribution in [-0.2, 0) is 23.9 Å². The number of rotatable bonds is 11. The highest BCUT2D eigenvalue weighted by Gasteiger charge is 2.42. The van der Waals surface area contributed by atoms with E-state index in [1.165, 1.54) is 0 Å². The first kappa shape index (κ1) is 38.3. The van der Waals surface area contributed by atoms with E-state index in [1.54, 1.807) is 21.1 Å². The van der Waals surface area contributed by atoms with Gasteiger partial charge in [-0.25, -0.2) is 9.78 Å². The molecule has 3 unspecified atom stereocenters.